The smallest absolute Gasteiger partial charge is 0.493 e. The topological polar surface area (TPSA) is 144 Å². The molecule has 0 spiro atoms. The van der Waals surface area contributed by atoms with E-state index in [0.717, 1.165) is 71.2 Å². The van der Waals surface area contributed by atoms with Gasteiger partial charge in [-0.3, -0.25) is 4.58 Å². The maximum Gasteiger partial charge on any atom is 0.519 e. The zero-order valence-corrected chi connectivity index (χ0v) is 57.5. The van der Waals surface area contributed by atoms with Crippen molar-refractivity contribution in [3.8, 4) is 46.0 Å². The van der Waals surface area contributed by atoms with Gasteiger partial charge in [-0.25, -0.2) is 14.4 Å². The summed E-state index contributed by atoms with van der Waals surface area (Å²) in [7, 11) is -3.20. The van der Waals surface area contributed by atoms with Crippen molar-refractivity contribution >= 4 is 42.2 Å². The predicted octanol–water partition coefficient (Wildman–Crippen LogP) is 19.1. The van der Waals surface area contributed by atoms with Crippen molar-refractivity contribution in [2.75, 3.05) is 14.2 Å². The number of ether oxygens (including phenoxy) is 8. The Morgan fingerprint density at radius 1 is 0.344 bits per heavy atom. The van der Waals surface area contributed by atoms with Crippen LogP contribution in [0.3, 0.4) is 0 Å². The lowest BCUT2D eigenvalue weighted by molar-refractivity contribution is -0.121. The summed E-state index contributed by atoms with van der Waals surface area (Å²) in [5.41, 5.74) is 7.74. The van der Waals surface area contributed by atoms with Crippen LogP contribution >= 0.6 is 0 Å². The van der Waals surface area contributed by atoms with Crippen molar-refractivity contribution in [2.45, 2.75) is 135 Å². The fourth-order valence-electron chi connectivity index (χ4n) is 10.6. The average Bonchev–Trinajstić information content (AvgIpc) is 1.63. The Hall–Kier alpha value is -8.26. The van der Waals surface area contributed by atoms with Gasteiger partial charge in [0, 0.05) is 16.2 Å². The third kappa shape index (κ3) is 17.6. The lowest BCUT2D eigenvalue weighted by Gasteiger charge is -2.38. The molecule has 16 heteroatoms. The minimum absolute atomic E-state index is 0.220. The Morgan fingerprint density at radius 3 is 0.967 bits per heavy atom. The Balaban J connectivity index is 0.740. The lowest BCUT2D eigenvalue weighted by atomic mass is 9.78. The van der Waals surface area contributed by atoms with Crippen molar-refractivity contribution in [3.05, 3.63) is 239 Å². The van der Waals surface area contributed by atoms with E-state index in [9.17, 15) is 14.4 Å². The van der Waals surface area contributed by atoms with E-state index in [1.165, 1.54) is 11.1 Å². The van der Waals surface area contributed by atoms with Crippen molar-refractivity contribution < 1.29 is 61.4 Å². The van der Waals surface area contributed by atoms with Gasteiger partial charge in [-0.05, 0) is 169 Å². The van der Waals surface area contributed by atoms with Gasteiger partial charge in [-0.1, -0.05) is 188 Å². The van der Waals surface area contributed by atoms with Gasteiger partial charge in [0.15, 0.2) is 23.0 Å². The Bertz CT molecular complexity index is 3680. The quantitative estimate of drug-likeness (QED) is 0.0167. The Labute approximate surface area is 534 Å². The molecule has 472 valence electrons. The summed E-state index contributed by atoms with van der Waals surface area (Å²) in [6.45, 7) is 26.5. The number of benzene rings is 8. The first-order chi connectivity index (χ1) is 42.7. The summed E-state index contributed by atoms with van der Waals surface area (Å²) in [6.07, 6.45) is 0.882. The number of carbonyl (C=O) groups excluding carboxylic acids is 3. The highest BCUT2D eigenvalue weighted by atomic mass is 29.3. The summed E-state index contributed by atoms with van der Waals surface area (Å²) < 4.78 is 57.7. The van der Waals surface area contributed by atoms with Crippen LogP contribution < -0.4 is 37.9 Å². The van der Waals surface area contributed by atoms with Gasteiger partial charge in [0.2, 0.25) is 16.2 Å². The Morgan fingerprint density at radius 2 is 0.644 bits per heavy atom. The standard InChI is InChI=1S/C74H86O13Si3/c1-72(2,55-25-17-15-18-26-55)57-31-39-61(40-32-57)80-69(75)81-62-41-35-59(36-42-62)74(5,6)60-37-45-64(46-38-60)83-71(77)85-66-48-30-54(52-68(66)79-8)24-22-50-89(11,12)90(13,14)87-86-88(9,10)49-21-23-53-29-47-65(67(51-53)78-7)84-70(76)82-63-43-33-58(34-44-63)73(3,4)56-27-19-16-20-28-56/h15-20,25-48,51-52H,21-24,49-50H2,1-14H3. The molecule has 0 bridgehead atoms. The molecule has 0 unspecified atom stereocenters. The zero-order valence-electron chi connectivity index (χ0n) is 54.5. The first kappa shape index (κ1) is 67.7. The van der Waals surface area contributed by atoms with Crippen LogP contribution in [-0.4, -0.2) is 56.4 Å². The Kier molecular flexibility index (Phi) is 21.9. The van der Waals surface area contributed by atoms with Gasteiger partial charge in [0.05, 0.1) is 21.8 Å². The second kappa shape index (κ2) is 29.1. The number of hydrogen-bond acceptors (Lipinski definition) is 13. The molecule has 0 saturated heterocycles. The number of rotatable bonds is 26. The van der Waals surface area contributed by atoms with Gasteiger partial charge < -0.3 is 42.5 Å². The van der Waals surface area contributed by atoms with Crippen molar-refractivity contribution in [1.29, 1.82) is 0 Å². The number of hydrogen-bond donors (Lipinski definition) is 0. The van der Waals surface area contributed by atoms with Gasteiger partial charge in [0.25, 0.3) is 0 Å². The fraction of sp³-hybridized carbons (Fsp3) is 0.311. The first-order valence-corrected chi connectivity index (χ1v) is 40.8. The molecule has 13 nitrogen and oxygen atoms in total. The molecule has 0 N–H and O–H groups in total. The van der Waals surface area contributed by atoms with Crippen LogP contribution in [0.1, 0.15) is 98.9 Å². The van der Waals surface area contributed by atoms with Crippen LogP contribution in [0.25, 0.3) is 0 Å². The van der Waals surface area contributed by atoms with E-state index in [1.807, 2.05) is 109 Å². The van der Waals surface area contributed by atoms with E-state index in [-0.39, 0.29) is 22.3 Å². The minimum Gasteiger partial charge on any atom is -0.493 e. The molecule has 0 aliphatic heterocycles. The number of aryl methyl sites for hydroxylation is 2. The SMILES string of the molecule is COc1cc(CCC[Si](C)(C)OO[Si](C)(C)[Si](C)(C)CCCc2ccc(OC(=O)Oc3ccc(C(C)(C)c4ccc(OC(=O)Oc5ccc(C(C)(C)c6ccccc6)cc5)cc4)cc3)c(OC)c2)ccc1OC(=O)Oc1ccc(C(C)(C)c2ccccc2)cc1. The largest absolute Gasteiger partial charge is 0.519 e. The maximum atomic E-state index is 13.1. The molecule has 0 aliphatic carbocycles. The fourth-order valence-corrected chi connectivity index (χ4v) is 18.7. The zero-order chi connectivity index (χ0) is 64.9. The third-order valence-electron chi connectivity index (χ3n) is 17.6. The van der Waals surface area contributed by atoms with Gasteiger partial charge in [-0.15, -0.1) is 0 Å². The third-order valence-corrected chi connectivity index (χ3v) is 36.0. The highest BCUT2D eigenvalue weighted by molar-refractivity contribution is 7.38. The van der Waals surface area contributed by atoms with E-state index in [1.54, 1.807) is 74.9 Å². The normalized spacial score (nSPS) is 12.2. The number of carbonyl (C=O) groups is 3. The van der Waals surface area contributed by atoms with Crippen LogP contribution in [0.5, 0.6) is 46.0 Å². The highest BCUT2D eigenvalue weighted by Crippen LogP contribution is 2.38. The predicted molar refractivity (Wildman–Crippen MR) is 362 cm³/mol. The lowest BCUT2D eigenvalue weighted by Crippen LogP contribution is -2.58. The molecule has 0 radical (unpaired) electrons. The molecule has 8 aromatic carbocycles. The van der Waals surface area contributed by atoms with Gasteiger partial charge in [-0.2, -0.15) is 0 Å². The molecular weight excluding hydrogens is 1180 g/mol. The molecule has 0 atom stereocenters. The molecule has 0 heterocycles. The summed E-state index contributed by atoms with van der Waals surface area (Å²) in [5.74, 6) is 2.86. The van der Waals surface area contributed by atoms with Crippen molar-refractivity contribution in [1.82, 2.24) is 0 Å². The molecule has 0 aliphatic rings. The monoisotopic (exact) mass is 1270 g/mol. The second-order valence-electron chi connectivity index (χ2n) is 26.1. The van der Waals surface area contributed by atoms with E-state index in [2.05, 4.69) is 105 Å². The highest BCUT2D eigenvalue weighted by Gasteiger charge is 2.45. The molecule has 0 saturated carbocycles. The second-order valence-corrected chi connectivity index (χ2v) is 45.4. The van der Waals surface area contributed by atoms with E-state index < -0.39 is 47.6 Å². The minimum atomic E-state index is -2.23. The van der Waals surface area contributed by atoms with Crippen LogP contribution in [0.15, 0.2) is 194 Å². The number of methoxy groups -OCH3 is 2. The van der Waals surface area contributed by atoms with Crippen LogP contribution in [-0.2, 0) is 38.2 Å². The molecule has 0 fully saturated rings. The van der Waals surface area contributed by atoms with Gasteiger partial charge >= 0.3 is 18.5 Å². The molecule has 8 aromatic rings. The summed E-state index contributed by atoms with van der Waals surface area (Å²) in [5, 5.41) is 0. The summed E-state index contributed by atoms with van der Waals surface area (Å²) in [4.78, 5) is 38.8. The molecule has 0 aromatic heterocycles. The summed E-state index contributed by atoms with van der Waals surface area (Å²) >= 11 is 0. The first-order valence-electron chi connectivity index (χ1n) is 30.6. The van der Waals surface area contributed by atoms with Gasteiger partial charge in [0.1, 0.15) is 23.0 Å². The van der Waals surface area contributed by atoms with E-state index >= 15 is 0 Å². The molecule has 8 rings (SSSR count). The molecule has 0 amide bonds. The van der Waals surface area contributed by atoms with Crippen LogP contribution in [0, 0.1) is 0 Å². The van der Waals surface area contributed by atoms with Crippen molar-refractivity contribution in [2.24, 2.45) is 0 Å². The summed E-state index contributed by atoms with van der Waals surface area (Å²) in [6, 6.07) is 63.2. The van der Waals surface area contributed by atoms with E-state index in [4.69, 9.17) is 47.0 Å². The van der Waals surface area contributed by atoms with Crippen LogP contribution in [0.2, 0.25) is 51.4 Å². The maximum absolute atomic E-state index is 13.1. The molecule has 90 heavy (non-hydrogen) atoms. The van der Waals surface area contributed by atoms with E-state index in [0.29, 0.717) is 34.5 Å². The molecular formula is C74H86O13Si3. The van der Waals surface area contributed by atoms with Crippen molar-refractivity contribution in [3.63, 3.8) is 0 Å². The average molecular weight is 1270 g/mol. The van der Waals surface area contributed by atoms with Crippen LogP contribution in [0.4, 0.5) is 14.4 Å².